The van der Waals surface area contributed by atoms with Crippen LogP contribution in [0.3, 0.4) is 0 Å². The summed E-state index contributed by atoms with van der Waals surface area (Å²) in [5.41, 5.74) is 3.90. The Morgan fingerprint density at radius 1 is 1.00 bits per heavy atom. The Bertz CT molecular complexity index is 483. The lowest BCUT2D eigenvalue weighted by Crippen LogP contribution is -2.26. The summed E-state index contributed by atoms with van der Waals surface area (Å²) in [4.78, 5) is 5.65. The molecule has 1 aromatic carbocycles. The van der Waals surface area contributed by atoms with Crippen LogP contribution in [0.4, 0.5) is 0 Å². The lowest BCUT2D eigenvalue weighted by Gasteiger charge is -2.33. The van der Waals surface area contributed by atoms with E-state index < -0.39 is 0 Å². The molecule has 0 aliphatic carbocycles. The van der Waals surface area contributed by atoms with Gasteiger partial charge in [0.25, 0.3) is 0 Å². The first-order valence-corrected chi connectivity index (χ1v) is 8.45. The van der Waals surface area contributed by atoms with Crippen molar-refractivity contribution in [1.82, 2.24) is 0 Å². The lowest BCUT2D eigenvalue weighted by molar-refractivity contribution is 0.0395. The van der Waals surface area contributed by atoms with Gasteiger partial charge in [-0.3, -0.25) is 0 Å². The van der Waals surface area contributed by atoms with E-state index in [0.29, 0.717) is 12.0 Å². The molecule has 0 atom stereocenters. The number of hydrogen-bond donors (Lipinski definition) is 0. The molecule has 0 amide bonds. The predicted molar refractivity (Wildman–Crippen MR) is 96.5 cm³/mol. The smallest absolute Gasteiger partial charge is 0.122 e. The minimum absolute atomic E-state index is 0.134. The van der Waals surface area contributed by atoms with E-state index in [1.165, 1.54) is 12.0 Å². The van der Waals surface area contributed by atoms with E-state index in [0.717, 1.165) is 24.1 Å². The highest BCUT2D eigenvalue weighted by molar-refractivity contribution is 5.98. The van der Waals surface area contributed by atoms with Crippen molar-refractivity contribution in [3.63, 3.8) is 0 Å². The molecule has 2 nitrogen and oxygen atoms in total. The highest BCUT2D eigenvalue weighted by atomic mass is 16.6. The standard InChI is InChI=1S/C20H33NO/c1-8-17-10-12-18(13-11-17)16(3)21-22-15-20(6,7)14-19(4,5)9-2/h10-13H,8-9,14-15H2,1-7H3/b21-16+. The summed E-state index contributed by atoms with van der Waals surface area (Å²) >= 11 is 0. The Balaban J connectivity index is 2.59. The monoisotopic (exact) mass is 303 g/mol. The van der Waals surface area contributed by atoms with E-state index in [1.54, 1.807) is 0 Å². The van der Waals surface area contributed by atoms with Crippen LogP contribution in [0.15, 0.2) is 29.4 Å². The third-order valence-electron chi connectivity index (χ3n) is 4.35. The molecule has 22 heavy (non-hydrogen) atoms. The van der Waals surface area contributed by atoms with Gasteiger partial charge in [-0.05, 0) is 36.3 Å². The molecule has 0 radical (unpaired) electrons. The summed E-state index contributed by atoms with van der Waals surface area (Å²) in [7, 11) is 0. The summed E-state index contributed by atoms with van der Waals surface area (Å²) in [6.07, 6.45) is 3.38. The van der Waals surface area contributed by atoms with Gasteiger partial charge >= 0.3 is 0 Å². The number of hydrogen-bond acceptors (Lipinski definition) is 2. The van der Waals surface area contributed by atoms with Gasteiger partial charge in [-0.2, -0.15) is 0 Å². The van der Waals surface area contributed by atoms with Crippen molar-refractivity contribution in [2.75, 3.05) is 6.61 Å². The van der Waals surface area contributed by atoms with Crippen LogP contribution in [-0.2, 0) is 11.3 Å². The molecule has 0 unspecified atom stereocenters. The van der Waals surface area contributed by atoms with Gasteiger partial charge in [0.1, 0.15) is 6.61 Å². The highest BCUT2D eigenvalue weighted by Gasteiger charge is 2.28. The van der Waals surface area contributed by atoms with Gasteiger partial charge < -0.3 is 4.84 Å². The first-order chi connectivity index (χ1) is 10.2. The van der Waals surface area contributed by atoms with Crippen LogP contribution in [0.1, 0.15) is 72.4 Å². The van der Waals surface area contributed by atoms with Gasteiger partial charge in [-0.25, -0.2) is 0 Å². The van der Waals surface area contributed by atoms with Crippen LogP contribution in [0.25, 0.3) is 0 Å². The molecule has 0 aliphatic rings. The van der Waals surface area contributed by atoms with Gasteiger partial charge in [-0.1, -0.05) is 77.4 Å². The number of nitrogens with zero attached hydrogens (tertiary/aromatic N) is 1. The van der Waals surface area contributed by atoms with Crippen LogP contribution < -0.4 is 0 Å². The SMILES string of the molecule is CCc1ccc(/C(C)=N/OCC(C)(C)CC(C)(C)CC)cc1. The first kappa shape index (κ1) is 18.7. The Hall–Kier alpha value is -1.31. The van der Waals surface area contributed by atoms with Gasteiger partial charge in [0.05, 0.1) is 5.71 Å². The van der Waals surface area contributed by atoms with Crippen molar-refractivity contribution in [3.8, 4) is 0 Å². The molecule has 0 saturated heterocycles. The molecule has 0 aromatic heterocycles. The second-order valence-electron chi connectivity index (χ2n) is 7.86. The van der Waals surface area contributed by atoms with Crippen molar-refractivity contribution >= 4 is 5.71 Å². The third-order valence-corrected chi connectivity index (χ3v) is 4.35. The maximum atomic E-state index is 5.65. The lowest BCUT2D eigenvalue weighted by atomic mass is 9.74. The zero-order valence-electron chi connectivity index (χ0n) is 15.5. The minimum atomic E-state index is 0.134. The summed E-state index contributed by atoms with van der Waals surface area (Å²) in [6, 6.07) is 8.54. The molecule has 0 heterocycles. The molecule has 1 rings (SSSR count). The van der Waals surface area contributed by atoms with E-state index >= 15 is 0 Å². The summed E-state index contributed by atoms with van der Waals surface area (Å²) in [6.45, 7) is 16.2. The average molecular weight is 303 g/mol. The van der Waals surface area contributed by atoms with Crippen molar-refractivity contribution in [1.29, 1.82) is 0 Å². The molecular formula is C20H33NO. The first-order valence-electron chi connectivity index (χ1n) is 8.45. The van der Waals surface area contributed by atoms with Gasteiger partial charge in [0, 0.05) is 5.41 Å². The van der Waals surface area contributed by atoms with E-state index in [-0.39, 0.29) is 5.41 Å². The van der Waals surface area contributed by atoms with Crippen molar-refractivity contribution in [2.45, 2.75) is 67.7 Å². The molecule has 124 valence electrons. The number of oxime groups is 1. The van der Waals surface area contributed by atoms with Crippen molar-refractivity contribution < 1.29 is 4.84 Å². The second kappa shape index (κ2) is 7.80. The molecule has 0 aliphatic heterocycles. The molecule has 2 heteroatoms. The summed E-state index contributed by atoms with van der Waals surface area (Å²) < 4.78 is 0. The van der Waals surface area contributed by atoms with Crippen molar-refractivity contribution in [3.05, 3.63) is 35.4 Å². The molecular weight excluding hydrogens is 270 g/mol. The molecule has 0 spiro atoms. The normalized spacial score (nSPS) is 13.3. The van der Waals surface area contributed by atoms with Gasteiger partial charge in [0.2, 0.25) is 0 Å². The molecule has 0 saturated carbocycles. The largest absolute Gasteiger partial charge is 0.395 e. The summed E-state index contributed by atoms with van der Waals surface area (Å²) in [5.74, 6) is 0. The van der Waals surface area contributed by atoms with E-state index in [2.05, 4.69) is 71.0 Å². The predicted octanol–water partition coefficient (Wildman–Crippen LogP) is 5.84. The average Bonchev–Trinajstić information content (AvgIpc) is 2.46. The number of benzene rings is 1. The Kier molecular flexibility index (Phi) is 6.65. The Morgan fingerprint density at radius 3 is 2.09 bits per heavy atom. The Morgan fingerprint density at radius 2 is 1.59 bits per heavy atom. The number of aryl methyl sites for hydroxylation is 1. The van der Waals surface area contributed by atoms with Gasteiger partial charge in [-0.15, -0.1) is 0 Å². The summed E-state index contributed by atoms with van der Waals surface area (Å²) in [5, 5.41) is 4.31. The Labute approximate surface area is 137 Å². The zero-order chi connectivity index (χ0) is 16.8. The van der Waals surface area contributed by atoms with E-state index in [9.17, 15) is 0 Å². The van der Waals surface area contributed by atoms with E-state index in [4.69, 9.17) is 4.84 Å². The van der Waals surface area contributed by atoms with E-state index in [1.807, 2.05) is 6.92 Å². The van der Waals surface area contributed by atoms with Crippen LogP contribution in [-0.4, -0.2) is 12.3 Å². The molecule has 0 fully saturated rings. The maximum absolute atomic E-state index is 5.65. The topological polar surface area (TPSA) is 21.6 Å². The van der Waals surface area contributed by atoms with Crippen LogP contribution in [0.5, 0.6) is 0 Å². The fourth-order valence-electron chi connectivity index (χ4n) is 2.81. The fourth-order valence-corrected chi connectivity index (χ4v) is 2.81. The molecule has 0 N–H and O–H groups in total. The fraction of sp³-hybridized carbons (Fsp3) is 0.650. The minimum Gasteiger partial charge on any atom is -0.395 e. The second-order valence-corrected chi connectivity index (χ2v) is 7.86. The van der Waals surface area contributed by atoms with Crippen molar-refractivity contribution in [2.24, 2.45) is 16.0 Å². The quantitative estimate of drug-likeness (QED) is 0.436. The molecule has 0 bridgehead atoms. The van der Waals surface area contributed by atoms with Crippen LogP contribution in [0.2, 0.25) is 0 Å². The van der Waals surface area contributed by atoms with Crippen LogP contribution in [0, 0.1) is 10.8 Å². The third kappa shape index (κ3) is 6.21. The van der Waals surface area contributed by atoms with Gasteiger partial charge in [0.15, 0.2) is 0 Å². The zero-order valence-corrected chi connectivity index (χ0v) is 15.5. The maximum Gasteiger partial charge on any atom is 0.122 e. The highest BCUT2D eigenvalue weighted by Crippen LogP contribution is 2.36. The number of rotatable bonds is 8. The van der Waals surface area contributed by atoms with Crippen LogP contribution >= 0.6 is 0 Å². The molecule has 1 aromatic rings.